The van der Waals surface area contributed by atoms with Crippen LogP contribution in [0.3, 0.4) is 0 Å². The molecule has 0 atom stereocenters. The molecule has 2 aromatic rings. The first kappa shape index (κ1) is 21.7. The van der Waals surface area contributed by atoms with E-state index in [1.54, 1.807) is 0 Å². The van der Waals surface area contributed by atoms with Crippen molar-refractivity contribution in [2.45, 2.75) is 45.6 Å². The van der Waals surface area contributed by atoms with Crippen LogP contribution in [0.15, 0.2) is 29.6 Å². The Morgan fingerprint density at radius 3 is 2.66 bits per heavy atom. The molecular formula is C22H31N3O3S. The molecule has 1 fully saturated rings. The second-order valence-electron chi connectivity index (χ2n) is 8.31. The molecule has 0 aliphatic carbocycles. The summed E-state index contributed by atoms with van der Waals surface area (Å²) in [7, 11) is 0. The van der Waals surface area contributed by atoms with E-state index in [9.17, 15) is 4.79 Å². The van der Waals surface area contributed by atoms with Crippen molar-refractivity contribution in [3.8, 4) is 5.75 Å². The Hall–Kier alpha value is -1.96. The van der Waals surface area contributed by atoms with E-state index in [4.69, 9.17) is 9.47 Å². The van der Waals surface area contributed by atoms with Gasteiger partial charge in [-0.3, -0.25) is 9.69 Å². The summed E-state index contributed by atoms with van der Waals surface area (Å²) in [5, 5.41) is 5.57. The zero-order chi connectivity index (χ0) is 20.7. The van der Waals surface area contributed by atoms with Crippen molar-refractivity contribution in [2.75, 3.05) is 38.2 Å². The molecule has 1 amide bonds. The van der Waals surface area contributed by atoms with Crippen LogP contribution >= 0.6 is 11.3 Å². The van der Waals surface area contributed by atoms with Crippen molar-refractivity contribution in [3.05, 3.63) is 40.9 Å². The first-order valence-corrected chi connectivity index (χ1v) is 11.1. The lowest BCUT2D eigenvalue weighted by Gasteiger charge is -2.25. The molecule has 7 heteroatoms. The van der Waals surface area contributed by atoms with Crippen LogP contribution in [0.2, 0.25) is 0 Å². The van der Waals surface area contributed by atoms with E-state index in [0.29, 0.717) is 24.6 Å². The van der Waals surface area contributed by atoms with Gasteiger partial charge >= 0.3 is 0 Å². The molecule has 158 valence electrons. The molecule has 1 aromatic carbocycles. The highest BCUT2D eigenvalue weighted by Gasteiger charge is 2.14. The van der Waals surface area contributed by atoms with Gasteiger partial charge in [0, 0.05) is 31.4 Å². The number of morpholine rings is 1. The molecule has 0 radical (unpaired) electrons. The lowest BCUT2D eigenvalue weighted by Crippen LogP contribution is -2.35. The highest BCUT2D eigenvalue weighted by Crippen LogP contribution is 2.24. The Kier molecular flexibility index (Phi) is 7.64. The summed E-state index contributed by atoms with van der Waals surface area (Å²) in [4.78, 5) is 19.0. The van der Waals surface area contributed by atoms with Crippen LogP contribution in [0.5, 0.6) is 5.75 Å². The van der Waals surface area contributed by atoms with Gasteiger partial charge in [-0.1, -0.05) is 32.9 Å². The molecule has 2 heterocycles. The summed E-state index contributed by atoms with van der Waals surface area (Å²) in [6, 6.07) is 8.18. The van der Waals surface area contributed by atoms with Gasteiger partial charge in [0.15, 0.2) is 5.13 Å². The average Bonchev–Trinajstić information content (AvgIpc) is 3.12. The zero-order valence-corrected chi connectivity index (χ0v) is 18.4. The third kappa shape index (κ3) is 7.10. The van der Waals surface area contributed by atoms with Crippen molar-refractivity contribution in [2.24, 2.45) is 0 Å². The molecule has 6 nitrogen and oxygen atoms in total. The van der Waals surface area contributed by atoms with Gasteiger partial charge in [-0.2, -0.15) is 0 Å². The van der Waals surface area contributed by atoms with Gasteiger partial charge in [0.1, 0.15) is 5.75 Å². The number of hydrogen-bond acceptors (Lipinski definition) is 6. The monoisotopic (exact) mass is 417 g/mol. The molecule has 1 N–H and O–H groups in total. The van der Waals surface area contributed by atoms with Gasteiger partial charge in [-0.05, 0) is 29.5 Å². The van der Waals surface area contributed by atoms with Gasteiger partial charge in [0.05, 0.1) is 25.5 Å². The van der Waals surface area contributed by atoms with Crippen molar-refractivity contribution in [3.63, 3.8) is 0 Å². The fraction of sp³-hybridized carbons (Fsp3) is 0.545. The molecule has 1 aliphatic heterocycles. The molecule has 0 spiro atoms. The highest BCUT2D eigenvalue weighted by atomic mass is 32.1. The molecule has 0 bridgehead atoms. The SMILES string of the molecule is CC(C)(C)c1ccc(OCCCC(=O)Nc2nc(CN3CCOCC3)cs2)cc1. The van der Waals surface area contributed by atoms with E-state index >= 15 is 0 Å². The van der Waals surface area contributed by atoms with Crippen LogP contribution in [0.4, 0.5) is 5.13 Å². The minimum atomic E-state index is -0.0241. The number of rotatable bonds is 8. The number of nitrogens with zero attached hydrogens (tertiary/aromatic N) is 2. The number of anilines is 1. The summed E-state index contributed by atoms with van der Waals surface area (Å²) in [5.74, 6) is 0.815. The lowest BCUT2D eigenvalue weighted by molar-refractivity contribution is -0.116. The summed E-state index contributed by atoms with van der Waals surface area (Å²) >= 11 is 1.47. The topological polar surface area (TPSA) is 63.7 Å². The second kappa shape index (κ2) is 10.2. The molecule has 1 aromatic heterocycles. The maximum absolute atomic E-state index is 12.2. The zero-order valence-electron chi connectivity index (χ0n) is 17.6. The minimum absolute atomic E-state index is 0.0241. The fourth-order valence-electron chi connectivity index (χ4n) is 3.08. The largest absolute Gasteiger partial charge is 0.494 e. The van der Waals surface area contributed by atoms with E-state index in [-0.39, 0.29) is 11.3 Å². The van der Waals surface area contributed by atoms with Crippen molar-refractivity contribution < 1.29 is 14.3 Å². The number of thiazole rings is 1. The number of carbonyl (C=O) groups excluding carboxylic acids is 1. The van der Waals surface area contributed by atoms with Crippen LogP contribution in [0, 0.1) is 0 Å². The number of aromatic nitrogens is 1. The van der Waals surface area contributed by atoms with Gasteiger partial charge in [0.25, 0.3) is 0 Å². The standard InChI is InChI=1S/C22H31N3O3S/c1-22(2,3)17-6-8-19(9-7-17)28-12-4-5-20(26)24-21-23-18(16-29-21)15-25-10-13-27-14-11-25/h6-9,16H,4-5,10-15H2,1-3H3,(H,23,24,26). The van der Waals surface area contributed by atoms with Gasteiger partial charge in [-0.15, -0.1) is 11.3 Å². The van der Waals surface area contributed by atoms with Crippen molar-refractivity contribution >= 4 is 22.4 Å². The third-order valence-electron chi connectivity index (χ3n) is 4.82. The normalized spacial score (nSPS) is 15.3. The quantitative estimate of drug-likeness (QED) is 0.656. The fourth-order valence-corrected chi connectivity index (χ4v) is 3.80. The second-order valence-corrected chi connectivity index (χ2v) is 9.17. The predicted molar refractivity (Wildman–Crippen MR) is 117 cm³/mol. The molecule has 3 rings (SSSR count). The number of hydrogen-bond donors (Lipinski definition) is 1. The lowest BCUT2D eigenvalue weighted by atomic mass is 9.87. The average molecular weight is 418 g/mol. The summed E-state index contributed by atoms with van der Waals surface area (Å²) in [6.45, 7) is 11.3. The van der Waals surface area contributed by atoms with Gasteiger partial charge in [-0.25, -0.2) is 4.98 Å². The van der Waals surface area contributed by atoms with E-state index in [0.717, 1.165) is 44.3 Å². The number of ether oxygens (including phenoxy) is 2. The Balaban J connectivity index is 1.35. The van der Waals surface area contributed by atoms with Crippen molar-refractivity contribution in [1.29, 1.82) is 0 Å². The predicted octanol–water partition coefficient (Wildman–Crippen LogP) is 4.07. The van der Waals surface area contributed by atoms with E-state index in [2.05, 4.69) is 48.1 Å². The van der Waals surface area contributed by atoms with E-state index in [1.807, 2.05) is 17.5 Å². The van der Waals surface area contributed by atoms with Crippen LogP contribution in [-0.4, -0.2) is 48.7 Å². The van der Waals surface area contributed by atoms with E-state index < -0.39 is 0 Å². The van der Waals surface area contributed by atoms with Crippen LogP contribution in [-0.2, 0) is 21.5 Å². The van der Waals surface area contributed by atoms with Gasteiger partial charge in [0.2, 0.25) is 5.91 Å². The molecule has 1 saturated heterocycles. The Labute approximate surface area is 177 Å². The molecule has 1 aliphatic rings. The van der Waals surface area contributed by atoms with E-state index in [1.165, 1.54) is 16.9 Å². The van der Waals surface area contributed by atoms with Crippen molar-refractivity contribution in [1.82, 2.24) is 9.88 Å². The van der Waals surface area contributed by atoms with Gasteiger partial charge < -0.3 is 14.8 Å². The molecule has 0 saturated carbocycles. The Bertz CT molecular complexity index is 777. The molecule has 0 unspecified atom stereocenters. The highest BCUT2D eigenvalue weighted by molar-refractivity contribution is 7.13. The number of benzene rings is 1. The van der Waals surface area contributed by atoms with Crippen LogP contribution in [0.25, 0.3) is 0 Å². The smallest absolute Gasteiger partial charge is 0.226 e. The first-order valence-electron chi connectivity index (χ1n) is 10.2. The summed E-state index contributed by atoms with van der Waals surface area (Å²) in [5.41, 5.74) is 2.41. The van der Waals surface area contributed by atoms with Crippen LogP contribution < -0.4 is 10.1 Å². The Morgan fingerprint density at radius 2 is 1.97 bits per heavy atom. The number of carbonyl (C=O) groups is 1. The maximum atomic E-state index is 12.2. The summed E-state index contributed by atoms with van der Waals surface area (Å²) < 4.78 is 11.1. The third-order valence-corrected chi connectivity index (χ3v) is 5.63. The number of nitrogens with one attached hydrogen (secondary N) is 1. The number of amides is 1. The summed E-state index contributed by atoms with van der Waals surface area (Å²) in [6.07, 6.45) is 1.08. The Morgan fingerprint density at radius 1 is 1.24 bits per heavy atom. The maximum Gasteiger partial charge on any atom is 0.226 e. The first-order chi connectivity index (χ1) is 13.9. The molecule has 29 heavy (non-hydrogen) atoms. The molecular weight excluding hydrogens is 386 g/mol. The minimum Gasteiger partial charge on any atom is -0.494 e. The van der Waals surface area contributed by atoms with Crippen LogP contribution in [0.1, 0.15) is 44.9 Å².